The van der Waals surface area contributed by atoms with E-state index in [1.807, 2.05) is 0 Å². The lowest BCUT2D eigenvalue weighted by atomic mass is 10.1. The molecule has 0 spiro atoms. The van der Waals surface area contributed by atoms with Crippen LogP contribution in [0, 0.1) is 0 Å². The molecule has 0 heterocycles. The molecule has 3 nitrogen and oxygen atoms in total. The average molecular weight is 363 g/mol. The molecule has 0 radical (unpaired) electrons. The van der Waals surface area contributed by atoms with Crippen LogP contribution in [0.25, 0.3) is 0 Å². The van der Waals surface area contributed by atoms with Crippen LogP contribution in [0.4, 0.5) is 17.6 Å². The van der Waals surface area contributed by atoms with Crippen molar-refractivity contribution in [3.8, 4) is 0 Å². The maximum Gasteiger partial charge on any atom is 0.501 e. The van der Waals surface area contributed by atoms with Crippen molar-refractivity contribution in [1.82, 2.24) is 0 Å². The van der Waals surface area contributed by atoms with Gasteiger partial charge >= 0.3 is 5.51 Å². The molecule has 0 aliphatic heterocycles. The maximum absolute atomic E-state index is 13.4. The number of halogens is 5. The number of hydrogen-bond acceptors (Lipinski definition) is 3. The van der Waals surface area contributed by atoms with Crippen molar-refractivity contribution in [3.05, 3.63) is 27.7 Å². The van der Waals surface area contributed by atoms with Gasteiger partial charge in [-0.2, -0.15) is 13.2 Å². The van der Waals surface area contributed by atoms with Gasteiger partial charge in [-0.1, -0.05) is 15.9 Å². The largest absolute Gasteiger partial charge is 0.501 e. The fourth-order valence-corrected chi connectivity index (χ4v) is 3.53. The van der Waals surface area contributed by atoms with E-state index in [0.29, 0.717) is 6.07 Å². The molecule has 0 saturated heterocycles. The zero-order chi connectivity index (χ0) is 14.6. The van der Waals surface area contributed by atoms with Gasteiger partial charge in [0.1, 0.15) is 12.3 Å². The number of fused-ring (bicyclic) bond motifs is 1. The van der Waals surface area contributed by atoms with Gasteiger partial charge in [-0.15, -0.1) is 0 Å². The third-order valence-electron chi connectivity index (χ3n) is 2.89. The Bertz CT molecular complexity index is 626. The van der Waals surface area contributed by atoms with Gasteiger partial charge in [0.2, 0.25) is 0 Å². The second kappa shape index (κ2) is 4.42. The summed E-state index contributed by atoms with van der Waals surface area (Å²) < 4.78 is 74.1. The fraction of sp³-hybridized carbons (Fsp3) is 0.400. The van der Waals surface area contributed by atoms with E-state index in [4.69, 9.17) is 0 Å². The first-order chi connectivity index (χ1) is 8.57. The van der Waals surface area contributed by atoms with Crippen LogP contribution in [-0.2, 0) is 16.3 Å². The summed E-state index contributed by atoms with van der Waals surface area (Å²) in [6.45, 7) is 0. The summed E-state index contributed by atoms with van der Waals surface area (Å²) in [5.74, 6) is 0. The van der Waals surface area contributed by atoms with Crippen molar-refractivity contribution in [2.45, 2.75) is 29.1 Å². The summed E-state index contributed by atoms with van der Waals surface area (Å²) >= 11 is 3.00. The Morgan fingerprint density at radius 1 is 1.32 bits per heavy atom. The van der Waals surface area contributed by atoms with Crippen LogP contribution in [0.1, 0.15) is 17.2 Å². The van der Waals surface area contributed by atoms with E-state index in [9.17, 15) is 31.1 Å². The number of sulfone groups is 1. The van der Waals surface area contributed by atoms with Gasteiger partial charge in [-0.05, 0) is 17.7 Å². The standard InChI is InChI=1S/C10H7BrF4O3S/c11-5-1-2-7(19(17,18)10(13,14)15)8-4(5)3-6(12)9(8)16/h1-2,6,9,16H,3H2/t6-,9-/m1/s1. The summed E-state index contributed by atoms with van der Waals surface area (Å²) in [6, 6.07) is 1.81. The van der Waals surface area contributed by atoms with Crippen LogP contribution in [0.3, 0.4) is 0 Å². The van der Waals surface area contributed by atoms with E-state index in [1.165, 1.54) is 0 Å². The lowest BCUT2D eigenvalue weighted by Crippen LogP contribution is -2.25. The highest BCUT2D eigenvalue weighted by atomic mass is 79.9. The Morgan fingerprint density at radius 3 is 2.42 bits per heavy atom. The number of alkyl halides is 4. The molecule has 0 bridgehead atoms. The molecule has 106 valence electrons. The minimum Gasteiger partial charge on any atom is -0.385 e. The van der Waals surface area contributed by atoms with Crippen molar-refractivity contribution in [1.29, 1.82) is 0 Å². The number of aliphatic hydroxyl groups excluding tert-OH is 1. The minimum atomic E-state index is -5.62. The Kier molecular flexibility index (Phi) is 3.43. The van der Waals surface area contributed by atoms with Crippen molar-refractivity contribution in [2.75, 3.05) is 0 Å². The van der Waals surface area contributed by atoms with Crippen LogP contribution in [0.2, 0.25) is 0 Å². The summed E-state index contributed by atoms with van der Waals surface area (Å²) in [5.41, 5.74) is -5.97. The first-order valence-electron chi connectivity index (χ1n) is 5.02. The highest BCUT2D eigenvalue weighted by Gasteiger charge is 2.50. The first-order valence-corrected chi connectivity index (χ1v) is 7.29. The molecule has 9 heteroatoms. The topological polar surface area (TPSA) is 54.4 Å². The van der Waals surface area contributed by atoms with Gasteiger partial charge in [0.05, 0.1) is 4.90 Å². The molecule has 1 aliphatic rings. The highest BCUT2D eigenvalue weighted by molar-refractivity contribution is 9.10. The van der Waals surface area contributed by atoms with Crippen LogP contribution in [-0.4, -0.2) is 25.2 Å². The third kappa shape index (κ3) is 2.17. The van der Waals surface area contributed by atoms with E-state index in [2.05, 4.69) is 15.9 Å². The maximum atomic E-state index is 13.4. The molecule has 1 aromatic carbocycles. The number of hydrogen-bond donors (Lipinski definition) is 1. The summed E-state index contributed by atoms with van der Waals surface area (Å²) in [4.78, 5) is -1.09. The minimum absolute atomic E-state index is 0.0466. The van der Waals surface area contributed by atoms with E-state index in [0.717, 1.165) is 6.07 Å². The van der Waals surface area contributed by atoms with Gasteiger partial charge < -0.3 is 5.11 Å². The Labute approximate surface area is 114 Å². The van der Waals surface area contributed by atoms with E-state index < -0.39 is 38.1 Å². The Morgan fingerprint density at radius 2 is 1.89 bits per heavy atom. The predicted molar refractivity (Wildman–Crippen MR) is 60.9 cm³/mol. The SMILES string of the molecule is O=S(=O)(c1ccc(Br)c2c1[C@H](O)[C@H](F)C2)C(F)(F)F. The lowest BCUT2D eigenvalue weighted by molar-refractivity contribution is -0.0437. The normalized spacial score (nSPS) is 23.5. The van der Waals surface area contributed by atoms with Crippen LogP contribution >= 0.6 is 15.9 Å². The smallest absolute Gasteiger partial charge is 0.385 e. The number of aliphatic hydroxyl groups is 1. The fourth-order valence-electron chi connectivity index (χ4n) is 1.99. The van der Waals surface area contributed by atoms with Crippen molar-refractivity contribution < 1.29 is 31.1 Å². The molecule has 2 atom stereocenters. The van der Waals surface area contributed by atoms with Gasteiger partial charge in [-0.25, -0.2) is 12.8 Å². The number of rotatable bonds is 1. The molecular formula is C10H7BrF4O3S. The first kappa shape index (κ1) is 14.7. The molecular weight excluding hydrogens is 356 g/mol. The second-order valence-electron chi connectivity index (χ2n) is 4.05. The molecule has 0 saturated carbocycles. The third-order valence-corrected chi connectivity index (χ3v) is 5.18. The molecule has 0 amide bonds. The zero-order valence-corrected chi connectivity index (χ0v) is 11.5. The average Bonchev–Trinajstić information content (AvgIpc) is 2.56. The van der Waals surface area contributed by atoms with E-state index in [1.54, 1.807) is 0 Å². The van der Waals surface area contributed by atoms with Crippen molar-refractivity contribution in [3.63, 3.8) is 0 Å². The molecule has 0 fully saturated rings. The van der Waals surface area contributed by atoms with Gasteiger partial charge in [0, 0.05) is 16.5 Å². The van der Waals surface area contributed by atoms with Gasteiger partial charge in [-0.3, -0.25) is 0 Å². The van der Waals surface area contributed by atoms with Gasteiger partial charge in [0.25, 0.3) is 9.84 Å². The monoisotopic (exact) mass is 362 g/mol. The van der Waals surface area contributed by atoms with Gasteiger partial charge in [0.15, 0.2) is 0 Å². The Balaban J connectivity index is 2.74. The molecule has 0 unspecified atom stereocenters. The summed E-state index contributed by atoms with van der Waals surface area (Å²) in [7, 11) is -5.62. The number of benzene rings is 1. The van der Waals surface area contributed by atoms with E-state index >= 15 is 0 Å². The molecule has 1 aromatic rings. The Hall–Kier alpha value is -0.670. The van der Waals surface area contributed by atoms with E-state index in [-0.39, 0.29) is 16.5 Å². The predicted octanol–water partition coefficient (Wildman–Crippen LogP) is 2.67. The second-order valence-corrected chi connectivity index (χ2v) is 6.82. The van der Waals surface area contributed by atoms with Crippen LogP contribution in [0.5, 0.6) is 0 Å². The van der Waals surface area contributed by atoms with Crippen LogP contribution in [0.15, 0.2) is 21.5 Å². The molecule has 19 heavy (non-hydrogen) atoms. The molecule has 1 N–H and O–H groups in total. The summed E-state index contributed by atoms with van der Waals surface area (Å²) in [5, 5.41) is 9.56. The summed E-state index contributed by atoms with van der Waals surface area (Å²) in [6.07, 6.45) is -4.03. The lowest BCUT2D eigenvalue weighted by Gasteiger charge is -2.15. The van der Waals surface area contributed by atoms with Crippen molar-refractivity contribution >= 4 is 25.8 Å². The quantitative estimate of drug-likeness (QED) is 0.781. The molecule has 0 aromatic heterocycles. The molecule has 1 aliphatic carbocycles. The van der Waals surface area contributed by atoms with Crippen molar-refractivity contribution in [2.24, 2.45) is 0 Å². The molecule has 2 rings (SSSR count). The zero-order valence-electron chi connectivity index (χ0n) is 9.08. The van der Waals surface area contributed by atoms with Crippen LogP contribution < -0.4 is 0 Å². The highest BCUT2D eigenvalue weighted by Crippen LogP contribution is 2.44.